The van der Waals surface area contributed by atoms with Crippen LogP contribution in [0.3, 0.4) is 0 Å². The molecule has 8 heteroatoms. The van der Waals surface area contributed by atoms with Crippen molar-refractivity contribution in [1.82, 2.24) is 10.1 Å². The quantitative estimate of drug-likeness (QED) is 0.923. The third kappa shape index (κ3) is 3.15. The molecule has 0 bridgehead atoms. The maximum absolute atomic E-state index is 14.1. The second-order valence-corrected chi connectivity index (χ2v) is 5.64. The van der Waals surface area contributed by atoms with Crippen molar-refractivity contribution in [2.45, 2.75) is 25.2 Å². The minimum absolute atomic E-state index is 0.00588. The van der Waals surface area contributed by atoms with Gasteiger partial charge in [0, 0.05) is 25.3 Å². The zero-order valence-corrected chi connectivity index (χ0v) is 12.9. The number of aliphatic hydroxyl groups excluding tert-OH is 1. The summed E-state index contributed by atoms with van der Waals surface area (Å²) in [5.41, 5.74) is 0.0541. The van der Waals surface area contributed by atoms with Crippen molar-refractivity contribution in [3.05, 3.63) is 52.9 Å². The Morgan fingerprint density at radius 3 is 3.00 bits per heavy atom. The first-order valence-corrected chi connectivity index (χ1v) is 7.38. The zero-order chi connectivity index (χ0) is 17.3. The molecule has 1 aromatic carbocycles. The normalized spacial score (nSPS) is 20.6. The Kier molecular flexibility index (Phi) is 4.59. The van der Waals surface area contributed by atoms with Crippen LogP contribution in [0.5, 0.6) is 0 Å². The van der Waals surface area contributed by atoms with E-state index in [2.05, 4.69) is 5.16 Å². The van der Waals surface area contributed by atoms with Gasteiger partial charge in [-0.25, -0.2) is 8.78 Å². The van der Waals surface area contributed by atoms with Gasteiger partial charge in [-0.3, -0.25) is 4.79 Å². The van der Waals surface area contributed by atoms with Gasteiger partial charge in [0.1, 0.15) is 18.2 Å². The number of carbonyl (C=O) groups is 1. The smallest absolute Gasteiger partial charge is 0.276 e. The molecule has 128 valence electrons. The number of methoxy groups -OCH3 is 1. The van der Waals surface area contributed by atoms with Crippen LogP contribution in [0, 0.1) is 11.6 Å². The number of hydrogen-bond acceptors (Lipinski definition) is 5. The SMILES string of the molecule is COCc1cc(C(=O)N2CC(O)CC2c2cc(F)ccc2F)no1. The Hall–Kier alpha value is -2.32. The van der Waals surface area contributed by atoms with E-state index in [1.165, 1.54) is 18.1 Å². The summed E-state index contributed by atoms with van der Waals surface area (Å²) in [4.78, 5) is 13.9. The topological polar surface area (TPSA) is 75.8 Å². The summed E-state index contributed by atoms with van der Waals surface area (Å²) in [6, 6.07) is 3.70. The number of ether oxygens (including phenoxy) is 1. The van der Waals surface area contributed by atoms with Crippen LogP contribution in [-0.4, -0.2) is 40.8 Å². The molecule has 1 fully saturated rings. The largest absolute Gasteiger partial charge is 0.391 e. The average molecular weight is 338 g/mol. The lowest BCUT2D eigenvalue weighted by Gasteiger charge is -2.24. The summed E-state index contributed by atoms with van der Waals surface area (Å²) >= 11 is 0. The number of rotatable bonds is 4. The van der Waals surface area contributed by atoms with E-state index in [1.807, 2.05) is 0 Å². The maximum Gasteiger partial charge on any atom is 0.276 e. The molecule has 1 amide bonds. The van der Waals surface area contributed by atoms with Crippen LogP contribution in [-0.2, 0) is 11.3 Å². The number of hydrogen-bond donors (Lipinski definition) is 1. The van der Waals surface area contributed by atoms with Crippen molar-refractivity contribution < 1.29 is 27.9 Å². The highest BCUT2D eigenvalue weighted by molar-refractivity contribution is 5.92. The van der Waals surface area contributed by atoms with Crippen molar-refractivity contribution in [2.75, 3.05) is 13.7 Å². The van der Waals surface area contributed by atoms with Crippen molar-refractivity contribution >= 4 is 5.91 Å². The van der Waals surface area contributed by atoms with Gasteiger partial charge in [0.2, 0.25) is 0 Å². The number of halogens is 2. The molecule has 0 radical (unpaired) electrons. The molecule has 0 aliphatic carbocycles. The molecule has 0 spiro atoms. The summed E-state index contributed by atoms with van der Waals surface area (Å²) in [6.07, 6.45) is -0.707. The van der Waals surface area contributed by atoms with Crippen LogP contribution in [0.1, 0.15) is 34.3 Å². The third-order valence-corrected chi connectivity index (χ3v) is 3.92. The van der Waals surface area contributed by atoms with Crippen LogP contribution in [0.15, 0.2) is 28.8 Å². The van der Waals surface area contributed by atoms with Crippen LogP contribution in [0.2, 0.25) is 0 Å². The summed E-state index contributed by atoms with van der Waals surface area (Å²) in [5.74, 6) is -1.39. The van der Waals surface area contributed by atoms with E-state index in [0.29, 0.717) is 5.76 Å². The number of aromatic nitrogens is 1. The molecule has 1 aliphatic heterocycles. The van der Waals surface area contributed by atoms with Crippen LogP contribution in [0.4, 0.5) is 8.78 Å². The first-order chi connectivity index (χ1) is 11.5. The first-order valence-electron chi connectivity index (χ1n) is 7.38. The molecule has 0 saturated carbocycles. The number of carbonyl (C=O) groups excluding carboxylic acids is 1. The Labute approximate surface area is 136 Å². The van der Waals surface area contributed by atoms with Crippen molar-refractivity contribution in [3.8, 4) is 0 Å². The predicted octanol–water partition coefficient (Wildman–Crippen LogP) is 2.05. The van der Waals surface area contributed by atoms with Crippen molar-refractivity contribution in [3.63, 3.8) is 0 Å². The molecule has 2 aromatic rings. The van der Waals surface area contributed by atoms with E-state index in [0.717, 1.165) is 18.2 Å². The molecule has 2 atom stereocenters. The van der Waals surface area contributed by atoms with Crippen LogP contribution in [0.25, 0.3) is 0 Å². The summed E-state index contributed by atoms with van der Waals surface area (Å²) in [7, 11) is 1.48. The fraction of sp³-hybridized carbons (Fsp3) is 0.375. The number of β-amino-alcohol motifs (C(OH)–C–C–N with tert-alkyl or cyclic N) is 1. The highest BCUT2D eigenvalue weighted by Crippen LogP contribution is 2.35. The Morgan fingerprint density at radius 2 is 2.25 bits per heavy atom. The fourth-order valence-corrected chi connectivity index (χ4v) is 2.87. The number of amides is 1. The van der Waals surface area contributed by atoms with Gasteiger partial charge in [0.15, 0.2) is 11.5 Å². The molecule has 1 N–H and O–H groups in total. The molecule has 6 nitrogen and oxygen atoms in total. The lowest BCUT2D eigenvalue weighted by molar-refractivity contribution is 0.0702. The Bertz CT molecular complexity index is 749. The second-order valence-electron chi connectivity index (χ2n) is 5.64. The van der Waals surface area contributed by atoms with Gasteiger partial charge >= 0.3 is 0 Å². The molecule has 2 unspecified atom stereocenters. The van der Waals surface area contributed by atoms with E-state index >= 15 is 0 Å². The number of nitrogens with zero attached hydrogens (tertiary/aromatic N) is 2. The van der Waals surface area contributed by atoms with Crippen LogP contribution >= 0.6 is 0 Å². The molecule has 1 aliphatic rings. The van der Waals surface area contributed by atoms with E-state index in [9.17, 15) is 18.7 Å². The fourth-order valence-electron chi connectivity index (χ4n) is 2.87. The second kappa shape index (κ2) is 6.66. The van der Waals surface area contributed by atoms with E-state index in [-0.39, 0.29) is 30.8 Å². The standard InChI is InChI=1S/C16H16F2N2O4/c1-23-8-11-6-14(19-24-11)16(22)20-7-10(21)5-15(20)12-4-9(17)2-3-13(12)18/h2-4,6,10,15,21H,5,7-8H2,1H3. The highest BCUT2D eigenvalue weighted by atomic mass is 19.1. The van der Waals surface area contributed by atoms with Crippen molar-refractivity contribution in [1.29, 1.82) is 0 Å². The summed E-state index contributed by atoms with van der Waals surface area (Å²) in [5, 5.41) is 13.6. The number of likely N-dealkylation sites (tertiary alicyclic amines) is 1. The molecular weight excluding hydrogens is 322 g/mol. The molecule has 1 aromatic heterocycles. The van der Waals surface area contributed by atoms with Gasteiger partial charge in [0.05, 0.1) is 12.1 Å². The Morgan fingerprint density at radius 1 is 1.46 bits per heavy atom. The van der Waals surface area contributed by atoms with Gasteiger partial charge in [-0.15, -0.1) is 0 Å². The van der Waals surface area contributed by atoms with Crippen molar-refractivity contribution in [2.24, 2.45) is 0 Å². The average Bonchev–Trinajstić information content (AvgIpc) is 3.16. The lowest BCUT2D eigenvalue weighted by Crippen LogP contribution is -2.32. The molecular formula is C16H16F2N2O4. The number of benzene rings is 1. The molecule has 1 saturated heterocycles. The minimum atomic E-state index is -0.827. The lowest BCUT2D eigenvalue weighted by atomic mass is 10.0. The van der Waals surface area contributed by atoms with Gasteiger partial charge in [0.25, 0.3) is 5.91 Å². The monoisotopic (exact) mass is 338 g/mol. The predicted molar refractivity (Wildman–Crippen MR) is 78.0 cm³/mol. The molecule has 24 heavy (non-hydrogen) atoms. The molecule has 3 rings (SSSR count). The first kappa shape index (κ1) is 16.5. The van der Waals surface area contributed by atoms with Gasteiger partial charge in [-0.2, -0.15) is 0 Å². The summed E-state index contributed by atoms with van der Waals surface area (Å²) < 4.78 is 37.4. The minimum Gasteiger partial charge on any atom is -0.391 e. The third-order valence-electron chi connectivity index (χ3n) is 3.92. The van der Waals surface area contributed by atoms with E-state index in [1.54, 1.807) is 0 Å². The maximum atomic E-state index is 14.1. The van der Waals surface area contributed by atoms with E-state index in [4.69, 9.17) is 9.26 Å². The van der Waals surface area contributed by atoms with E-state index < -0.39 is 29.7 Å². The van der Waals surface area contributed by atoms with Gasteiger partial charge in [-0.1, -0.05) is 5.16 Å². The zero-order valence-electron chi connectivity index (χ0n) is 12.9. The molecule has 2 heterocycles. The summed E-state index contributed by atoms with van der Waals surface area (Å²) in [6.45, 7) is 0.163. The Balaban J connectivity index is 1.89. The number of aliphatic hydroxyl groups is 1. The van der Waals surface area contributed by atoms with Gasteiger partial charge < -0.3 is 19.3 Å². The van der Waals surface area contributed by atoms with Crippen LogP contribution < -0.4 is 0 Å². The highest BCUT2D eigenvalue weighted by Gasteiger charge is 2.38. The van der Waals surface area contributed by atoms with Gasteiger partial charge in [-0.05, 0) is 24.6 Å².